The van der Waals surface area contributed by atoms with Crippen molar-refractivity contribution in [3.8, 4) is 0 Å². The van der Waals surface area contributed by atoms with Gasteiger partial charge >= 0.3 is 0 Å². The summed E-state index contributed by atoms with van der Waals surface area (Å²) in [5.41, 5.74) is 2.62. The quantitative estimate of drug-likeness (QED) is 0.823. The summed E-state index contributed by atoms with van der Waals surface area (Å²) in [5, 5.41) is 2.74. The second-order valence-corrected chi connectivity index (χ2v) is 5.88. The first kappa shape index (κ1) is 15.6. The summed E-state index contributed by atoms with van der Waals surface area (Å²) in [6, 6.07) is 14.4. The van der Waals surface area contributed by atoms with Crippen molar-refractivity contribution in [2.45, 2.75) is 12.7 Å². The summed E-state index contributed by atoms with van der Waals surface area (Å²) in [4.78, 5) is 11.8. The van der Waals surface area contributed by atoms with E-state index < -0.39 is 5.82 Å². The van der Waals surface area contributed by atoms with Gasteiger partial charge in [-0.3, -0.25) is 4.79 Å². The maximum Gasteiger partial charge on any atom is 0.254 e. The van der Waals surface area contributed by atoms with Gasteiger partial charge in [-0.2, -0.15) is 11.8 Å². The summed E-state index contributed by atoms with van der Waals surface area (Å²) >= 11 is 1.75. The van der Waals surface area contributed by atoms with E-state index in [1.807, 2.05) is 0 Å². The highest BCUT2D eigenvalue weighted by Crippen LogP contribution is 2.12. The third-order valence-electron chi connectivity index (χ3n) is 3.04. The molecule has 2 aromatic rings. The van der Waals surface area contributed by atoms with E-state index in [9.17, 15) is 9.18 Å². The van der Waals surface area contributed by atoms with E-state index in [2.05, 4.69) is 36.5 Å². The number of thioether (sulfide) groups is 1. The van der Waals surface area contributed by atoms with Gasteiger partial charge < -0.3 is 5.32 Å². The van der Waals surface area contributed by atoms with Gasteiger partial charge in [0.05, 0.1) is 5.56 Å². The molecule has 0 aliphatic carbocycles. The van der Waals surface area contributed by atoms with Crippen molar-refractivity contribution in [1.29, 1.82) is 0 Å². The van der Waals surface area contributed by atoms with Crippen molar-refractivity contribution < 1.29 is 9.18 Å². The first-order valence-electron chi connectivity index (χ1n) is 6.83. The summed E-state index contributed by atoms with van der Waals surface area (Å²) < 4.78 is 13.4. The van der Waals surface area contributed by atoms with E-state index in [0.29, 0.717) is 6.54 Å². The van der Waals surface area contributed by atoms with Crippen molar-refractivity contribution in [3.05, 3.63) is 71.0 Å². The molecule has 2 aromatic carbocycles. The molecule has 0 atom stereocenters. The van der Waals surface area contributed by atoms with Crippen LogP contribution in [0.1, 0.15) is 21.5 Å². The number of nitrogens with one attached hydrogen (secondary N) is 1. The van der Waals surface area contributed by atoms with E-state index in [0.717, 1.165) is 11.5 Å². The fourth-order valence-corrected chi connectivity index (χ4v) is 2.67. The molecule has 0 saturated heterocycles. The van der Waals surface area contributed by atoms with Gasteiger partial charge in [0.25, 0.3) is 5.91 Å². The predicted molar refractivity (Wildman–Crippen MR) is 86.1 cm³/mol. The highest BCUT2D eigenvalue weighted by molar-refractivity contribution is 7.98. The Morgan fingerprint density at radius 1 is 1.14 bits per heavy atom. The van der Waals surface area contributed by atoms with Gasteiger partial charge in [-0.05, 0) is 24.6 Å². The van der Waals surface area contributed by atoms with Crippen LogP contribution in [0.4, 0.5) is 4.39 Å². The monoisotopic (exact) mass is 303 g/mol. The minimum Gasteiger partial charge on any atom is -0.351 e. The molecule has 0 radical (unpaired) electrons. The molecule has 4 heteroatoms. The van der Waals surface area contributed by atoms with E-state index in [-0.39, 0.29) is 11.5 Å². The lowest BCUT2D eigenvalue weighted by molar-refractivity contribution is 0.0952. The molecule has 0 heterocycles. The van der Waals surface area contributed by atoms with Gasteiger partial charge in [-0.1, -0.05) is 42.0 Å². The summed E-state index contributed by atoms with van der Waals surface area (Å²) in [6.45, 7) is 2.60. The summed E-state index contributed by atoms with van der Waals surface area (Å²) in [7, 11) is 0. The van der Waals surface area contributed by atoms with Gasteiger partial charge in [0.2, 0.25) is 0 Å². The van der Waals surface area contributed by atoms with Crippen LogP contribution in [0, 0.1) is 12.7 Å². The van der Waals surface area contributed by atoms with Gasteiger partial charge in [0.1, 0.15) is 5.82 Å². The smallest absolute Gasteiger partial charge is 0.254 e. The van der Waals surface area contributed by atoms with Gasteiger partial charge in [-0.25, -0.2) is 4.39 Å². The maximum atomic E-state index is 13.4. The molecule has 0 saturated carbocycles. The number of aryl methyl sites for hydroxylation is 1. The van der Waals surface area contributed by atoms with Crippen LogP contribution < -0.4 is 5.32 Å². The Morgan fingerprint density at radius 3 is 2.57 bits per heavy atom. The van der Waals surface area contributed by atoms with E-state index in [4.69, 9.17) is 0 Å². The second kappa shape index (κ2) is 7.84. The van der Waals surface area contributed by atoms with Crippen LogP contribution in [-0.4, -0.2) is 18.2 Å². The van der Waals surface area contributed by atoms with Crippen molar-refractivity contribution >= 4 is 17.7 Å². The summed E-state index contributed by atoms with van der Waals surface area (Å²) in [6.07, 6.45) is 0. The predicted octanol–water partition coefficient (Wildman–Crippen LogP) is 3.80. The van der Waals surface area contributed by atoms with Gasteiger partial charge in [0.15, 0.2) is 0 Å². The molecule has 110 valence electrons. The molecule has 1 N–H and O–H groups in total. The van der Waals surface area contributed by atoms with Gasteiger partial charge in [-0.15, -0.1) is 0 Å². The largest absolute Gasteiger partial charge is 0.351 e. The molecule has 0 aromatic heterocycles. The number of carbonyl (C=O) groups excluding carboxylic acids is 1. The first-order chi connectivity index (χ1) is 10.2. The number of benzene rings is 2. The van der Waals surface area contributed by atoms with Crippen molar-refractivity contribution in [1.82, 2.24) is 5.32 Å². The van der Waals surface area contributed by atoms with Crippen LogP contribution in [0.2, 0.25) is 0 Å². The molecule has 0 spiro atoms. The van der Waals surface area contributed by atoms with Crippen LogP contribution in [0.15, 0.2) is 48.5 Å². The molecule has 0 bridgehead atoms. The lowest BCUT2D eigenvalue weighted by Gasteiger charge is -2.06. The number of amides is 1. The Bertz CT molecular complexity index is 598. The number of carbonyl (C=O) groups is 1. The minimum absolute atomic E-state index is 0.0982. The Morgan fingerprint density at radius 2 is 1.86 bits per heavy atom. The van der Waals surface area contributed by atoms with Crippen LogP contribution in [0.25, 0.3) is 0 Å². The molecular formula is C17H18FNOS. The second-order valence-electron chi connectivity index (χ2n) is 4.77. The molecule has 0 aliphatic heterocycles. The molecule has 0 unspecified atom stereocenters. The van der Waals surface area contributed by atoms with Gasteiger partial charge in [0, 0.05) is 18.1 Å². The molecule has 2 nitrogen and oxygen atoms in total. The normalized spacial score (nSPS) is 10.4. The lowest BCUT2D eigenvalue weighted by atomic mass is 10.2. The number of rotatable bonds is 6. The van der Waals surface area contributed by atoms with Crippen molar-refractivity contribution in [2.24, 2.45) is 0 Å². The third kappa shape index (κ3) is 4.90. The zero-order chi connectivity index (χ0) is 15.1. The standard InChI is InChI=1S/C17H18FNOS/c1-13-6-8-14(9-7-13)12-21-11-10-19-17(20)15-4-2-3-5-16(15)18/h2-9H,10-12H2,1H3,(H,19,20). The molecule has 1 amide bonds. The van der Waals surface area contributed by atoms with E-state index in [1.54, 1.807) is 23.9 Å². The maximum absolute atomic E-state index is 13.4. The van der Waals surface area contributed by atoms with Crippen LogP contribution in [0.3, 0.4) is 0 Å². The molecule has 21 heavy (non-hydrogen) atoms. The number of hydrogen-bond acceptors (Lipinski definition) is 2. The van der Waals surface area contributed by atoms with Crippen LogP contribution in [0.5, 0.6) is 0 Å². The Labute approximate surface area is 128 Å². The fraction of sp³-hybridized carbons (Fsp3) is 0.235. The van der Waals surface area contributed by atoms with E-state index in [1.165, 1.54) is 23.3 Å². The molecule has 0 aliphatic rings. The number of hydrogen-bond donors (Lipinski definition) is 1. The first-order valence-corrected chi connectivity index (χ1v) is 7.98. The van der Waals surface area contributed by atoms with Crippen molar-refractivity contribution in [3.63, 3.8) is 0 Å². The minimum atomic E-state index is -0.484. The fourth-order valence-electron chi connectivity index (χ4n) is 1.85. The third-order valence-corrected chi connectivity index (χ3v) is 4.07. The average molecular weight is 303 g/mol. The highest BCUT2D eigenvalue weighted by Gasteiger charge is 2.09. The van der Waals surface area contributed by atoms with E-state index >= 15 is 0 Å². The zero-order valence-corrected chi connectivity index (χ0v) is 12.8. The summed E-state index contributed by atoms with van der Waals surface area (Å²) in [5.74, 6) is 0.871. The SMILES string of the molecule is Cc1ccc(CSCCNC(=O)c2ccccc2F)cc1. The topological polar surface area (TPSA) is 29.1 Å². The Balaban J connectivity index is 1.69. The molecule has 0 fully saturated rings. The zero-order valence-electron chi connectivity index (χ0n) is 11.9. The van der Waals surface area contributed by atoms with Crippen molar-refractivity contribution in [2.75, 3.05) is 12.3 Å². The van der Waals surface area contributed by atoms with Crippen LogP contribution >= 0.6 is 11.8 Å². The highest BCUT2D eigenvalue weighted by atomic mass is 32.2. The Kier molecular flexibility index (Phi) is 5.81. The van der Waals surface area contributed by atoms with Crippen LogP contribution in [-0.2, 0) is 5.75 Å². The lowest BCUT2D eigenvalue weighted by Crippen LogP contribution is -2.26. The Hall–Kier alpha value is -1.81. The molecule has 2 rings (SSSR count). The molecular weight excluding hydrogens is 285 g/mol. The number of halogens is 1. The average Bonchev–Trinajstić information content (AvgIpc) is 2.49.